The van der Waals surface area contributed by atoms with Crippen LogP contribution in [0.1, 0.15) is 78.9 Å². The number of nitrogens with one attached hydrogen (secondary N) is 1. The Labute approximate surface area is 244 Å². The molecule has 0 aliphatic carbocycles. The Morgan fingerprint density at radius 2 is 1.59 bits per heavy atom. The number of aliphatic hydroxyl groups is 1. The zero-order chi connectivity index (χ0) is 30.3. The second-order valence-electron chi connectivity index (χ2n) is 12.6. The highest BCUT2D eigenvalue weighted by atomic mass is 28.5. The molecule has 2 aliphatic heterocycles. The van der Waals surface area contributed by atoms with Crippen LogP contribution in [0, 0.1) is 0 Å². The summed E-state index contributed by atoms with van der Waals surface area (Å²) in [4.78, 5) is 29.9. The number of hydrogen-bond donors (Lipinski definition) is 2. The number of amides is 1. The molecule has 3 heterocycles. The molecule has 1 aromatic heterocycles. The lowest BCUT2D eigenvalue weighted by atomic mass is 9.96. The van der Waals surface area contributed by atoms with E-state index in [9.17, 15) is 14.7 Å². The predicted octanol–water partition coefficient (Wildman–Crippen LogP) is 5.10. The van der Waals surface area contributed by atoms with Gasteiger partial charge in [0, 0.05) is 11.8 Å². The Morgan fingerprint density at radius 1 is 1.00 bits per heavy atom. The molecule has 4 unspecified atom stereocenters. The molecule has 12 heteroatoms. The number of rotatable bonds is 7. The second kappa shape index (κ2) is 11.8. The van der Waals surface area contributed by atoms with Gasteiger partial charge in [0.2, 0.25) is 0 Å². The minimum Gasteiger partial charge on any atom is -0.414 e. The highest BCUT2D eigenvalue weighted by Crippen LogP contribution is 2.50. The largest absolute Gasteiger partial charge is 0.414 e. The van der Waals surface area contributed by atoms with E-state index >= 15 is 0 Å². The SMILES string of the molecule is CC(C)[Si]1(C(C)C)OCC2OC(n3ccc(NC(=O)c4ccccc4)nc3=O)C(C)(O)C2O[Si](C(C)C)(C(C)C)O1. The number of hydrogen-bond acceptors (Lipinski definition) is 8. The lowest BCUT2D eigenvalue weighted by Gasteiger charge is -2.52. The Balaban J connectivity index is 1.69. The van der Waals surface area contributed by atoms with Crippen LogP contribution in [-0.2, 0) is 17.7 Å². The maximum atomic E-state index is 13.2. The summed E-state index contributed by atoms with van der Waals surface area (Å²) in [5.41, 5.74) is -1.36. The van der Waals surface area contributed by atoms with Crippen LogP contribution in [0.3, 0.4) is 0 Å². The van der Waals surface area contributed by atoms with Crippen LogP contribution in [0.5, 0.6) is 0 Å². The number of aromatic nitrogens is 2. The molecular formula is C29H45N3O7Si2. The molecular weight excluding hydrogens is 559 g/mol. The molecule has 10 nitrogen and oxygen atoms in total. The summed E-state index contributed by atoms with van der Waals surface area (Å²) in [5, 5.41) is 14.6. The van der Waals surface area contributed by atoms with Gasteiger partial charge in [-0.3, -0.25) is 9.36 Å². The molecule has 2 fully saturated rings. The van der Waals surface area contributed by atoms with E-state index in [0.717, 1.165) is 0 Å². The molecule has 2 aliphatic rings. The zero-order valence-corrected chi connectivity index (χ0v) is 27.6. The molecule has 0 bridgehead atoms. The van der Waals surface area contributed by atoms with Crippen molar-refractivity contribution in [2.75, 3.05) is 11.9 Å². The summed E-state index contributed by atoms with van der Waals surface area (Å²) >= 11 is 0. The molecule has 0 radical (unpaired) electrons. The number of nitrogens with zero attached hydrogens (tertiary/aromatic N) is 2. The average molecular weight is 604 g/mol. The van der Waals surface area contributed by atoms with Gasteiger partial charge in [-0.2, -0.15) is 4.98 Å². The summed E-state index contributed by atoms with van der Waals surface area (Å²) in [5.74, 6) is -0.275. The fourth-order valence-corrected chi connectivity index (χ4v) is 17.4. The van der Waals surface area contributed by atoms with E-state index in [2.05, 4.69) is 65.7 Å². The average Bonchev–Trinajstić information content (AvgIpc) is 3.12. The van der Waals surface area contributed by atoms with E-state index in [1.54, 1.807) is 31.2 Å². The third-order valence-corrected chi connectivity index (χ3v) is 18.6. The highest BCUT2D eigenvalue weighted by Gasteiger charge is 2.64. The van der Waals surface area contributed by atoms with Crippen LogP contribution in [0.4, 0.5) is 5.82 Å². The topological polar surface area (TPSA) is 121 Å². The van der Waals surface area contributed by atoms with E-state index in [1.165, 1.54) is 16.8 Å². The number of ether oxygens (including phenoxy) is 1. The van der Waals surface area contributed by atoms with Crippen molar-refractivity contribution < 1.29 is 27.6 Å². The van der Waals surface area contributed by atoms with Crippen molar-refractivity contribution in [3.63, 3.8) is 0 Å². The minimum absolute atomic E-state index is 0.0703. The first-order valence-electron chi connectivity index (χ1n) is 14.5. The van der Waals surface area contributed by atoms with Gasteiger partial charge < -0.3 is 28.1 Å². The Morgan fingerprint density at radius 3 is 2.12 bits per heavy atom. The lowest BCUT2D eigenvalue weighted by molar-refractivity contribution is -0.0973. The Hall–Kier alpha value is -2.20. The zero-order valence-electron chi connectivity index (χ0n) is 25.6. The fourth-order valence-electron chi connectivity index (χ4n) is 6.12. The maximum Gasteiger partial charge on any atom is 0.351 e. The quantitative estimate of drug-likeness (QED) is 0.420. The van der Waals surface area contributed by atoms with Crippen LogP contribution in [-0.4, -0.2) is 62.1 Å². The van der Waals surface area contributed by atoms with E-state index < -0.39 is 46.8 Å². The summed E-state index contributed by atoms with van der Waals surface area (Å²) in [6.45, 7) is 18.8. The molecule has 1 amide bonds. The molecule has 0 spiro atoms. The number of benzene rings is 1. The summed E-state index contributed by atoms with van der Waals surface area (Å²) in [7, 11) is -5.81. The minimum atomic E-state index is -3.01. The predicted molar refractivity (Wildman–Crippen MR) is 161 cm³/mol. The molecule has 41 heavy (non-hydrogen) atoms. The van der Waals surface area contributed by atoms with Crippen molar-refractivity contribution in [2.45, 2.75) is 109 Å². The molecule has 2 aromatic rings. The van der Waals surface area contributed by atoms with Gasteiger partial charge in [0.1, 0.15) is 23.6 Å². The molecule has 4 atom stereocenters. The number of fused-ring (bicyclic) bond motifs is 1. The monoisotopic (exact) mass is 603 g/mol. The standard InChI is InChI=1S/C29H45N3O7Si2/c1-18(2)40(19(3)4)36-17-23-25(38-41(39-40,20(5)6)21(7)8)29(9,35)27(37-23)32-16-15-24(31-28(32)34)30-26(33)22-13-11-10-12-14-22/h10-16,18-21,23,25,27,35H,17H2,1-9H3,(H,30,31,33,34). The molecule has 2 N–H and O–H groups in total. The van der Waals surface area contributed by atoms with Crippen molar-refractivity contribution in [2.24, 2.45) is 0 Å². The summed E-state index contributed by atoms with van der Waals surface area (Å²) in [6, 6.07) is 10.2. The first kappa shape index (κ1) is 31.7. The molecule has 4 rings (SSSR count). The van der Waals surface area contributed by atoms with Gasteiger partial charge in [0.15, 0.2) is 6.23 Å². The number of carbonyl (C=O) groups is 1. The first-order valence-corrected chi connectivity index (χ1v) is 18.4. The van der Waals surface area contributed by atoms with Gasteiger partial charge >= 0.3 is 22.8 Å². The Bertz CT molecular complexity index is 1270. The van der Waals surface area contributed by atoms with Crippen LogP contribution in [0.15, 0.2) is 47.4 Å². The summed E-state index contributed by atoms with van der Waals surface area (Å²) in [6.07, 6.45) is -1.03. The third kappa shape index (κ3) is 5.75. The van der Waals surface area contributed by atoms with Gasteiger partial charge in [-0.1, -0.05) is 73.6 Å². The van der Waals surface area contributed by atoms with E-state index in [1.807, 2.05) is 6.07 Å². The van der Waals surface area contributed by atoms with Gasteiger partial charge in [0.25, 0.3) is 5.91 Å². The summed E-state index contributed by atoms with van der Waals surface area (Å²) < 4.78 is 28.6. The van der Waals surface area contributed by atoms with Crippen LogP contribution in [0.2, 0.25) is 22.2 Å². The van der Waals surface area contributed by atoms with E-state index in [0.29, 0.717) is 5.56 Å². The number of anilines is 1. The van der Waals surface area contributed by atoms with E-state index in [4.69, 9.17) is 17.7 Å². The lowest BCUT2D eigenvalue weighted by Crippen LogP contribution is -2.67. The Kier molecular flexibility index (Phi) is 9.15. The highest BCUT2D eigenvalue weighted by molar-refractivity contribution is 6.84. The maximum absolute atomic E-state index is 13.2. The molecule has 226 valence electrons. The van der Waals surface area contributed by atoms with E-state index in [-0.39, 0.29) is 40.5 Å². The normalized spacial score (nSPS) is 27.6. The smallest absolute Gasteiger partial charge is 0.351 e. The molecule has 0 saturated carbocycles. The fraction of sp³-hybridized carbons (Fsp3) is 0.621. The van der Waals surface area contributed by atoms with Gasteiger partial charge in [-0.05, 0) is 47.3 Å². The molecule has 2 saturated heterocycles. The van der Waals surface area contributed by atoms with Crippen molar-refractivity contribution >= 4 is 28.8 Å². The van der Waals surface area contributed by atoms with Crippen molar-refractivity contribution in [1.82, 2.24) is 9.55 Å². The number of carbonyl (C=O) groups excluding carboxylic acids is 1. The van der Waals surface area contributed by atoms with Crippen molar-refractivity contribution in [3.8, 4) is 0 Å². The van der Waals surface area contributed by atoms with Crippen molar-refractivity contribution in [1.29, 1.82) is 0 Å². The van der Waals surface area contributed by atoms with Crippen LogP contribution >= 0.6 is 0 Å². The van der Waals surface area contributed by atoms with Gasteiger partial charge in [-0.25, -0.2) is 4.79 Å². The van der Waals surface area contributed by atoms with Gasteiger partial charge in [0.05, 0.1) is 6.61 Å². The van der Waals surface area contributed by atoms with Gasteiger partial charge in [-0.15, -0.1) is 0 Å². The van der Waals surface area contributed by atoms with Crippen LogP contribution < -0.4 is 11.0 Å². The van der Waals surface area contributed by atoms with Crippen LogP contribution in [0.25, 0.3) is 0 Å². The second-order valence-corrected chi connectivity index (χ2v) is 21.4. The molecule has 1 aromatic carbocycles. The van der Waals surface area contributed by atoms with Crippen molar-refractivity contribution in [3.05, 3.63) is 58.6 Å². The first-order chi connectivity index (χ1) is 19.2. The third-order valence-electron chi connectivity index (χ3n) is 8.40.